The topological polar surface area (TPSA) is 41.9 Å². The lowest BCUT2D eigenvalue weighted by atomic mass is 10.1. The van der Waals surface area contributed by atoms with Crippen LogP contribution in [0.2, 0.25) is 0 Å². The van der Waals surface area contributed by atoms with Gasteiger partial charge in [-0.05, 0) is 37.3 Å². The molecule has 0 atom stereocenters. The highest BCUT2D eigenvalue weighted by molar-refractivity contribution is 6.33. The Kier molecular flexibility index (Phi) is 4.77. The van der Waals surface area contributed by atoms with Gasteiger partial charge in [0.25, 0.3) is 5.91 Å². The number of nitrogens with zero attached hydrogens (tertiary/aromatic N) is 2. The standard InChI is InChI=1S/C24H20N2O2/c1-17-9-8-11-19(15-17)23-25-21(16-18-10-6-7-14-22(18)28-2)24(27)26(23)20-12-4-3-5-13-20/h3-16H,1-2H3/b21-16+. The molecule has 0 saturated carbocycles. The van der Waals surface area contributed by atoms with Crippen molar-refractivity contribution in [1.82, 2.24) is 0 Å². The third-order valence-electron chi connectivity index (χ3n) is 4.58. The molecule has 0 saturated heterocycles. The Bertz CT molecular complexity index is 1080. The Morgan fingerprint density at radius 3 is 2.43 bits per heavy atom. The fraction of sp³-hybridized carbons (Fsp3) is 0.0833. The van der Waals surface area contributed by atoms with Crippen LogP contribution in [0.1, 0.15) is 16.7 Å². The molecule has 3 aromatic carbocycles. The first-order valence-corrected chi connectivity index (χ1v) is 9.07. The number of amidine groups is 1. The average Bonchev–Trinajstić information content (AvgIpc) is 3.05. The van der Waals surface area contributed by atoms with Gasteiger partial charge in [-0.15, -0.1) is 0 Å². The minimum atomic E-state index is -0.159. The number of methoxy groups -OCH3 is 1. The van der Waals surface area contributed by atoms with Crippen LogP contribution >= 0.6 is 0 Å². The third kappa shape index (κ3) is 3.32. The number of hydrogen-bond acceptors (Lipinski definition) is 3. The molecule has 0 unspecified atom stereocenters. The molecule has 1 amide bonds. The van der Waals surface area contributed by atoms with Gasteiger partial charge in [0.05, 0.1) is 12.8 Å². The summed E-state index contributed by atoms with van der Waals surface area (Å²) in [6.45, 7) is 2.03. The van der Waals surface area contributed by atoms with Gasteiger partial charge in [0.15, 0.2) is 0 Å². The van der Waals surface area contributed by atoms with Crippen LogP contribution in [0.25, 0.3) is 6.08 Å². The fourth-order valence-corrected chi connectivity index (χ4v) is 3.24. The maximum absolute atomic E-state index is 13.3. The number of aliphatic imine (C=N–C) groups is 1. The Balaban J connectivity index is 1.85. The molecule has 4 nitrogen and oxygen atoms in total. The first-order valence-electron chi connectivity index (χ1n) is 9.07. The number of hydrogen-bond donors (Lipinski definition) is 0. The van der Waals surface area contributed by atoms with Gasteiger partial charge in [-0.1, -0.05) is 60.2 Å². The number of amides is 1. The minimum Gasteiger partial charge on any atom is -0.496 e. The van der Waals surface area contributed by atoms with E-state index in [0.29, 0.717) is 17.3 Å². The van der Waals surface area contributed by atoms with E-state index < -0.39 is 0 Å². The molecule has 3 aromatic rings. The van der Waals surface area contributed by atoms with Crippen molar-refractivity contribution in [2.45, 2.75) is 6.92 Å². The van der Waals surface area contributed by atoms with Crippen molar-refractivity contribution in [2.75, 3.05) is 12.0 Å². The van der Waals surface area contributed by atoms with E-state index in [0.717, 1.165) is 22.4 Å². The van der Waals surface area contributed by atoms with Crippen molar-refractivity contribution in [1.29, 1.82) is 0 Å². The van der Waals surface area contributed by atoms with E-state index in [9.17, 15) is 4.79 Å². The van der Waals surface area contributed by atoms with Gasteiger partial charge in [0.1, 0.15) is 17.3 Å². The van der Waals surface area contributed by atoms with Crippen molar-refractivity contribution in [3.8, 4) is 5.75 Å². The van der Waals surface area contributed by atoms with Crippen LogP contribution in [0.5, 0.6) is 5.75 Å². The highest BCUT2D eigenvalue weighted by Crippen LogP contribution is 2.29. The molecule has 0 aromatic heterocycles. The zero-order chi connectivity index (χ0) is 19.5. The van der Waals surface area contributed by atoms with Gasteiger partial charge in [0.2, 0.25) is 0 Å². The molecular formula is C24H20N2O2. The summed E-state index contributed by atoms with van der Waals surface area (Å²) >= 11 is 0. The molecule has 1 aliphatic rings. The van der Waals surface area contributed by atoms with Crippen molar-refractivity contribution in [2.24, 2.45) is 4.99 Å². The van der Waals surface area contributed by atoms with Crippen molar-refractivity contribution < 1.29 is 9.53 Å². The number of carbonyl (C=O) groups is 1. The van der Waals surface area contributed by atoms with Crippen LogP contribution in [0, 0.1) is 6.92 Å². The Labute approximate surface area is 164 Å². The fourth-order valence-electron chi connectivity index (χ4n) is 3.24. The molecule has 0 fully saturated rings. The Morgan fingerprint density at radius 2 is 1.68 bits per heavy atom. The SMILES string of the molecule is COc1ccccc1/C=C1/N=C(c2cccc(C)c2)N(c2ccccc2)C1=O. The lowest BCUT2D eigenvalue weighted by molar-refractivity contribution is -0.113. The molecule has 0 aliphatic carbocycles. The van der Waals surface area contributed by atoms with Gasteiger partial charge in [-0.2, -0.15) is 0 Å². The highest BCUT2D eigenvalue weighted by Gasteiger charge is 2.32. The molecular weight excluding hydrogens is 348 g/mol. The summed E-state index contributed by atoms with van der Waals surface area (Å²) in [6, 6.07) is 25.2. The van der Waals surface area contributed by atoms with Gasteiger partial charge in [0, 0.05) is 11.1 Å². The van der Waals surface area contributed by atoms with Crippen LogP contribution in [0.4, 0.5) is 5.69 Å². The van der Waals surface area contributed by atoms with Gasteiger partial charge in [-0.3, -0.25) is 9.69 Å². The van der Waals surface area contributed by atoms with Gasteiger partial charge >= 0.3 is 0 Å². The number of para-hydroxylation sites is 2. The van der Waals surface area contributed by atoms with E-state index in [-0.39, 0.29) is 5.91 Å². The summed E-state index contributed by atoms with van der Waals surface area (Å²) in [6.07, 6.45) is 1.78. The number of ether oxygens (including phenoxy) is 1. The zero-order valence-electron chi connectivity index (χ0n) is 15.8. The smallest absolute Gasteiger partial charge is 0.282 e. The van der Waals surface area contributed by atoms with Crippen molar-refractivity contribution >= 4 is 23.5 Å². The molecule has 0 bridgehead atoms. The van der Waals surface area contributed by atoms with Crippen LogP contribution in [0.3, 0.4) is 0 Å². The van der Waals surface area contributed by atoms with Gasteiger partial charge in [-0.25, -0.2) is 4.99 Å². The summed E-state index contributed by atoms with van der Waals surface area (Å²) < 4.78 is 5.41. The van der Waals surface area contributed by atoms with E-state index in [4.69, 9.17) is 9.73 Å². The predicted molar refractivity (Wildman–Crippen MR) is 113 cm³/mol. The summed E-state index contributed by atoms with van der Waals surface area (Å²) in [7, 11) is 1.62. The molecule has 4 heteroatoms. The normalized spacial score (nSPS) is 15.1. The average molecular weight is 368 g/mol. The largest absolute Gasteiger partial charge is 0.496 e. The van der Waals surface area contributed by atoms with E-state index in [2.05, 4.69) is 0 Å². The summed E-state index contributed by atoms with van der Waals surface area (Å²) in [5.74, 6) is 1.17. The van der Waals surface area contributed by atoms with Crippen LogP contribution in [-0.4, -0.2) is 18.9 Å². The number of rotatable bonds is 4. The molecule has 28 heavy (non-hydrogen) atoms. The van der Waals surface area contributed by atoms with Crippen molar-refractivity contribution in [3.05, 3.63) is 101 Å². The monoisotopic (exact) mass is 368 g/mol. The lowest BCUT2D eigenvalue weighted by Crippen LogP contribution is -2.32. The Morgan fingerprint density at radius 1 is 0.929 bits per heavy atom. The van der Waals surface area contributed by atoms with E-state index >= 15 is 0 Å². The summed E-state index contributed by atoms with van der Waals surface area (Å²) in [5.41, 5.74) is 4.00. The number of aryl methyl sites for hydroxylation is 1. The molecule has 1 aliphatic heterocycles. The van der Waals surface area contributed by atoms with Crippen LogP contribution in [0.15, 0.2) is 89.6 Å². The molecule has 4 rings (SSSR count). The van der Waals surface area contributed by atoms with E-state index in [1.54, 1.807) is 18.1 Å². The number of benzene rings is 3. The second-order valence-electron chi connectivity index (χ2n) is 6.55. The molecule has 0 spiro atoms. The number of anilines is 1. The highest BCUT2D eigenvalue weighted by atomic mass is 16.5. The van der Waals surface area contributed by atoms with E-state index in [1.165, 1.54) is 0 Å². The van der Waals surface area contributed by atoms with E-state index in [1.807, 2.05) is 85.8 Å². The summed E-state index contributed by atoms with van der Waals surface area (Å²) in [4.78, 5) is 19.7. The molecule has 138 valence electrons. The quantitative estimate of drug-likeness (QED) is 0.619. The minimum absolute atomic E-state index is 0.159. The predicted octanol–water partition coefficient (Wildman–Crippen LogP) is 4.84. The Hall–Kier alpha value is -3.66. The number of carbonyl (C=O) groups excluding carboxylic acids is 1. The molecule has 0 N–H and O–H groups in total. The van der Waals surface area contributed by atoms with Crippen LogP contribution in [-0.2, 0) is 4.79 Å². The van der Waals surface area contributed by atoms with Crippen LogP contribution < -0.4 is 9.64 Å². The molecule has 1 heterocycles. The van der Waals surface area contributed by atoms with Gasteiger partial charge < -0.3 is 4.74 Å². The first kappa shape index (κ1) is 17.7. The maximum atomic E-state index is 13.3. The second-order valence-corrected chi connectivity index (χ2v) is 6.55. The maximum Gasteiger partial charge on any atom is 0.282 e. The first-order chi connectivity index (χ1) is 13.7. The lowest BCUT2D eigenvalue weighted by Gasteiger charge is -2.18. The third-order valence-corrected chi connectivity index (χ3v) is 4.58. The second kappa shape index (κ2) is 7.53. The zero-order valence-corrected chi connectivity index (χ0v) is 15.8. The van der Waals surface area contributed by atoms with Crippen molar-refractivity contribution in [3.63, 3.8) is 0 Å². The summed E-state index contributed by atoms with van der Waals surface area (Å²) in [5, 5.41) is 0. The molecule has 0 radical (unpaired) electrons.